The van der Waals surface area contributed by atoms with Crippen LogP contribution in [0.5, 0.6) is 0 Å². The topological polar surface area (TPSA) is 63.1 Å². The fourth-order valence-electron chi connectivity index (χ4n) is 2.83. The third-order valence-electron chi connectivity index (χ3n) is 4.24. The molecule has 3 rings (SSSR count). The van der Waals surface area contributed by atoms with E-state index < -0.39 is 11.9 Å². The van der Waals surface area contributed by atoms with E-state index in [9.17, 15) is 9.59 Å². The number of nitrogens with one attached hydrogen (secondary N) is 2. The Kier molecular flexibility index (Phi) is 3.56. The van der Waals surface area contributed by atoms with Crippen molar-refractivity contribution in [2.75, 3.05) is 0 Å². The summed E-state index contributed by atoms with van der Waals surface area (Å²) in [5, 5.41) is 4.73. The Morgan fingerprint density at radius 3 is 2.30 bits per heavy atom. The summed E-state index contributed by atoms with van der Waals surface area (Å²) in [5.74, 6) is -0.397. The first kappa shape index (κ1) is 15.1. The van der Waals surface area contributed by atoms with Crippen LogP contribution in [0, 0.1) is 27.7 Å². The second kappa shape index (κ2) is 5.43. The van der Waals surface area contributed by atoms with Gasteiger partial charge in [0.25, 0.3) is 5.91 Å². The largest absolute Gasteiger partial charge is 0.326 e. The second-order valence-electron chi connectivity index (χ2n) is 5.90. The second-order valence-corrected chi connectivity index (χ2v) is 5.90. The summed E-state index contributed by atoms with van der Waals surface area (Å²) in [6.45, 7) is 8.21. The van der Waals surface area contributed by atoms with Crippen LogP contribution in [0.25, 0.3) is 11.8 Å². The smallest absolute Gasteiger partial charge is 0.318 e. The van der Waals surface area contributed by atoms with E-state index in [1.54, 1.807) is 6.08 Å². The minimum absolute atomic E-state index is 0.273. The van der Waals surface area contributed by atoms with Crippen LogP contribution < -0.4 is 10.6 Å². The fourth-order valence-corrected chi connectivity index (χ4v) is 2.83. The van der Waals surface area contributed by atoms with Crippen molar-refractivity contribution >= 4 is 18.0 Å². The molecule has 1 aliphatic rings. The number of carbonyl (C=O) groups excluding carboxylic acids is 2. The molecule has 1 aromatic carbocycles. The van der Waals surface area contributed by atoms with Gasteiger partial charge in [-0.25, -0.2) is 4.79 Å². The van der Waals surface area contributed by atoms with Crippen LogP contribution in [-0.4, -0.2) is 16.5 Å². The number of urea groups is 1. The number of aromatic nitrogens is 1. The van der Waals surface area contributed by atoms with Crippen LogP contribution in [-0.2, 0) is 4.79 Å². The molecule has 118 valence electrons. The number of imide groups is 1. The lowest BCUT2D eigenvalue weighted by Crippen LogP contribution is -2.22. The lowest BCUT2D eigenvalue weighted by Gasteiger charge is -2.11. The third kappa shape index (κ3) is 2.65. The fraction of sp³-hybridized carbons (Fsp3) is 0.222. The Hall–Kier alpha value is -2.82. The molecule has 0 spiro atoms. The van der Waals surface area contributed by atoms with Crippen molar-refractivity contribution in [3.8, 4) is 5.69 Å². The van der Waals surface area contributed by atoms with Gasteiger partial charge in [-0.1, -0.05) is 6.07 Å². The van der Waals surface area contributed by atoms with Crippen molar-refractivity contribution in [1.29, 1.82) is 0 Å². The number of rotatable bonds is 2. The highest BCUT2D eigenvalue weighted by Crippen LogP contribution is 2.24. The van der Waals surface area contributed by atoms with E-state index in [0.29, 0.717) is 0 Å². The average molecular weight is 309 g/mol. The number of aryl methyl sites for hydroxylation is 3. The Bertz CT molecular complexity index is 859. The number of hydrogen-bond donors (Lipinski definition) is 2. The maximum atomic E-state index is 11.7. The van der Waals surface area contributed by atoms with Crippen molar-refractivity contribution in [3.63, 3.8) is 0 Å². The number of hydrogen-bond acceptors (Lipinski definition) is 2. The van der Waals surface area contributed by atoms with Crippen LogP contribution in [0.1, 0.15) is 28.1 Å². The molecule has 1 aliphatic heterocycles. The highest BCUT2D eigenvalue weighted by Gasteiger charge is 2.23. The molecule has 3 amide bonds. The lowest BCUT2D eigenvalue weighted by atomic mass is 10.1. The van der Waals surface area contributed by atoms with Crippen LogP contribution >= 0.6 is 0 Å². The van der Waals surface area contributed by atoms with Gasteiger partial charge in [-0.2, -0.15) is 0 Å². The predicted octanol–water partition coefficient (Wildman–Crippen LogP) is 2.89. The zero-order valence-corrected chi connectivity index (χ0v) is 13.7. The molecule has 23 heavy (non-hydrogen) atoms. The van der Waals surface area contributed by atoms with Crippen LogP contribution in [0.15, 0.2) is 30.0 Å². The Labute approximate surface area is 135 Å². The van der Waals surface area contributed by atoms with Crippen molar-refractivity contribution in [2.45, 2.75) is 27.7 Å². The zero-order valence-electron chi connectivity index (χ0n) is 13.7. The molecule has 2 heterocycles. The zero-order chi connectivity index (χ0) is 16.7. The highest BCUT2D eigenvalue weighted by molar-refractivity contribution is 6.14. The Morgan fingerprint density at radius 1 is 0.957 bits per heavy atom. The minimum atomic E-state index is -0.482. The summed E-state index contributed by atoms with van der Waals surface area (Å²) in [6.07, 6.45) is 1.71. The maximum Gasteiger partial charge on any atom is 0.326 e. The van der Waals surface area contributed by atoms with Gasteiger partial charge in [0.2, 0.25) is 0 Å². The van der Waals surface area contributed by atoms with Crippen LogP contribution in [0.3, 0.4) is 0 Å². The van der Waals surface area contributed by atoms with Gasteiger partial charge in [0.05, 0.1) is 0 Å². The summed E-state index contributed by atoms with van der Waals surface area (Å²) in [6, 6.07) is 7.87. The molecule has 0 radical (unpaired) electrons. The van der Waals surface area contributed by atoms with Gasteiger partial charge in [0.1, 0.15) is 5.70 Å². The van der Waals surface area contributed by atoms with Gasteiger partial charge in [-0.3, -0.25) is 10.1 Å². The molecule has 0 bridgehead atoms. The van der Waals surface area contributed by atoms with Crippen molar-refractivity contribution < 1.29 is 9.59 Å². The van der Waals surface area contributed by atoms with E-state index in [4.69, 9.17) is 0 Å². The summed E-state index contributed by atoms with van der Waals surface area (Å²) in [7, 11) is 0. The van der Waals surface area contributed by atoms with Crippen LogP contribution in [0.4, 0.5) is 4.79 Å². The van der Waals surface area contributed by atoms with Gasteiger partial charge < -0.3 is 9.88 Å². The molecule has 0 unspecified atom stereocenters. The molecule has 0 aliphatic carbocycles. The molecule has 5 heteroatoms. The van der Waals surface area contributed by atoms with Crippen molar-refractivity contribution in [3.05, 3.63) is 58.0 Å². The monoisotopic (exact) mass is 309 g/mol. The summed E-state index contributed by atoms with van der Waals surface area (Å²) < 4.78 is 2.15. The first-order chi connectivity index (χ1) is 10.9. The lowest BCUT2D eigenvalue weighted by molar-refractivity contribution is -0.115. The first-order valence-electron chi connectivity index (χ1n) is 7.47. The number of benzene rings is 1. The molecule has 1 fully saturated rings. The minimum Gasteiger partial charge on any atom is -0.318 e. The summed E-state index contributed by atoms with van der Waals surface area (Å²) in [4.78, 5) is 22.9. The van der Waals surface area contributed by atoms with Gasteiger partial charge in [-0.05, 0) is 68.7 Å². The SMILES string of the molecule is Cc1ccc(-n2c(C)cc(/C=C3/NC(=O)NC3=O)c2C)cc1C. The van der Waals surface area contributed by atoms with Gasteiger partial charge in [-0.15, -0.1) is 0 Å². The van der Waals surface area contributed by atoms with E-state index in [1.165, 1.54) is 11.1 Å². The van der Waals surface area contributed by atoms with Gasteiger partial charge in [0, 0.05) is 17.1 Å². The molecule has 2 N–H and O–H groups in total. The van der Waals surface area contributed by atoms with E-state index in [1.807, 2.05) is 19.9 Å². The number of carbonyl (C=O) groups is 2. The molecule has 1 aromatic heterocycles. The molecular weight excluding hydrogens is 290 g/mol. The van der Waals surface area contributed by atoms with Gasteiger partial charge >= 0.3 is 6.03 Å². The molecule has 0 atom stereocenters. The van der Waals surface area contributed by atoms with E-state index >= 15 is 0 Å². The molecule has 5 nitrogen and oxygen atoms in total. The predicted molar refractivity (Wildman–Crippen MR) is 89.4 cm³/mol. The van der Waals surface area contributed by atoms with Crippen molar-refractivity contribution in [2.24, 2.45) is 0 Å². The quantitative estimate of drug-likeness (QED) is 0.662. The molecule has 0 saturated carbocycles. The molecular formula is C18H19N3O2. The molecule has 2 aromatic rings. The average Bonchev–Trinajstić information content (AvgIpc) is 2.93. The number of amides is 3. The summed E-state index contributed by atoms with van der Waals surface area (Å²) >= 11 is 0. The molecule has 1 saturated heterocycles. The van der Waals surface area contributed by atoms with Gasteiger partial charge in [0.15, 0.2) is 0 Å². The summed E-state index contributed by atoms with van der Waals surface area (Å²) in [5.41, 5.74) is 6.85. The Morgan fingerprint density at radius 2 is 1.70 bits per heavy atom. The van der Waals surface area contributed by atoms with Crippen LogP contribution in [0.2, 0.25) is 0 Å². The Balaban J connectivity index is 2.06. The highest BCUT2D eigenvalue weighted by atomic mass is 16.2. The maximum absolute atomic E-state index is 11.7. The third-order valence-corrected chi connectivity index (χ3v) is 4.24. The van der Waals surface area contributed by atoms with E-state index in [2.05, 4.69) is 47.2 Å². The van der Waals surface area contributed by atoms with E-state index in [-0.39, 0.29) is 5.70 Å². The standard InChI is InChI=1S/C18H19N3O2/c1-10-5-6-15(7-11(10)2)21-12(3)8-14(13(21)4)9-16-17(22)20-18(23)19-16/h5-9H,1-4H3,(H2,19,20,22,23)/b16-9+. The van der Waals surface area contributed by atoms with E-state index in [0.717, 1.165) is 22.6 Å². The number of nitrogens with zero attached hydrogens (tertiary/aromatic N) is 1. The first-order valence-corrected chi connectivity index (χ1v) is 7.47. The van der Waals surface area contributed by atoms with Crippen molar-refractivity contribution in [1.82, 2.24) is 15.2 Å². The normalized spacial score (nSPS) is 15.9.